The van der Waals surface area contributed by atoms with E-state index in [0.717, 1.165) is 43.2 Å². The van der Waals surface area contributed by atoms with Crippen molar-refractivity contribution in [1.82, 2.24) is 10.3 Å². The third-order valence-electron chi connectivity index (χ3n) is 6.53. The van der Waals surface area contributed by atoms with Crippen molar-refractivity contribution in [2.75, 3.05) is 13.2 Å². The zero-order chi connectivity index (χ0) is 19.0. The fraction of sp³-hybridized carbons (Fsp3) is 0.375. The van der Waals surface area contributed by atoms with Crippen molar-refractivity contribution in [2.24, 2.45) is 0 Å². The largest absolute Gasteiger partial charge is 0.381 e. The molecular formula is C24H26N2O2. The Balaban J connectivity index is 1.48. The number of carbonyl (C=O) groups is 1. The summed E-state index contributed by atoms with van der Waals surface area (Å²) in [6.45, 7) is 1.26. The molecule has 1 fully saturated rings. The van der Waals surface area contributed by atoms with Crippen LogP contribution in [-0.2, 0) is 21.4 Å². The number of fused-ring (bicyclic) bond motifs is 3. The lowest BCUT2D eigenvalue weighted by molar-refractivity contribution is -0.131. The van der Waals surface area contributed by atoms with Crippen molar-refractivity contribution in [1.29, 1.82) is 0 Å². The maximum absolute atomic E-state index is 13.6. The van der Waals surface area contributed by atoms with Crippen LogP contribution in [0.15, 0.2) is 54.6 Å². The summed E-state index contributed by atoms with van der Waals surface area (Å²) in [7, 11) is 0. The van der Waals surface area contributed by atoms with Gasteiger partial charge in [-0.1, -0.05) is 48.5 Å². The Labute approximate surface area is 165 Å². The van der Waals surface area contributed by atoms with E-state index >= 15 is 0 Å². The summed E-state index contributed by atoms with van der Waals surface area (Å²) in [4.78, 5) is 17.2. The number of nitrogens with one attached hydrogen (secondary N) is 2. The number of carbonyl (C=O) groups excluding carboxylic acids is 1. The molecule has 0 bridgehead atoms. The summed E-state index contributed by atoms with van der Waals surface area (Å²) in [5.74, 6) is 0.138. The van der Waals surface area contributed by atoms with Crippen molar-refractivity contribution in [2.45, 2.75) is 43.6 Å². The van der Waals surface area contributed by atoms with Crippen LogP contribution in [0.5, 0.6) is 0 Å². The number of rotatable bonds is 3. The van der Waals surface area contributed by atoms with Gasteiger partial charge in [-0.3, -0.25) is 4.79 Å². The van der Waals surface area contributed by atoms with Gasteiger partial charge in [-0.15, -0.1) is 0 Å². The molecule has 2 aromatic carbocycles. The molecule has 1 saturated heterocycles. The van der Waals surface area contributed by atoms with Gasteiger partial charge in [0.25, 0.3) is 0 Å². The van der Waals surface area contributed by atoms with Crippen molar-refractivity contribution in [3.8, 4) is 0 Å². The molecule has 4 heteroatoms. The van der Waals surface area contributed by atoms with Gasteiger partial charge in [0.2, 0.25) is 5.91 Å². The normalized spacial score (nSPS) is 21.2. The van der Waals surface area contributed by atoms with Gasteiger partial charge < -0.3 is 15.0 Å². The molecule has 1 aliphatic heterocycles. The third-order valence-corrected chi connectivity index (χ3v) is 6.53. The van der Waals surface area contributed by atoms with Crippen molar-refractivity contribution in [3.63, 3.8) is 0 Å². The Morgan fingerprint density at radius 3 is 2.61 bits per heavy atom. The highest BCUT2D eigenvalue weighted by molar-refractivity contribution is 5.89. The van der Waals surface area contributed by atoms with Crippen molar-refractivity contribution < 1.29 is 9.53 Å². The number of aromatic nitrogens is 1. The number of aromatic amines is 1. The molecule has 5 rings (SSSR count). The quantitative estimate of drug-likeness (QED) is 0.713. The molecule has 2 heterocycles. The van der Waals surface area contributed by atoms with Crippen LogP contribution in [0.3, 0.4) is 0 Å². The lowest BCUT2D eigenvalue weighted by atomic mass is 9.73. The van der Waals surface area contributed by atoms with E-state index in [9.17, 15) is 4.79 Å². The number of aryl methyl sites for hydroxylation is 1. The Hall–Kier alpha value is -2.59. The van der Waals surface area contributed by atoms with Gasteiger partial charge in [0.1, 0.15) is 0 Å². The van der Waals surface area contributed by atoms with Crippen LogP contribution in [0.25, 0.3) is 10.9 Å². The second-order valence-electron chi connectivity index (χ2n) is 8.04. The molecule has 28 heavy (non-hydrogen) atoms. The number of amides is 1. The van der Waals surface area contributed by atoms with Crippen molar-refractivity contribution in [3.05, 3.63) is 71.4 Å². The van der Waals surface area contributed by atoms with Gasteiger partial charge in [0, 0.05) is 29.8 Å². The number of hydrogen-bond donors (Lipinski definition) is 2. The minimum Gasteiger partial charge on any atom is -0.381 e. The molecule has 144 valence electrons. The molecule has 0 spiro atoms. The summed E-state index contributed by atoms with van der Waals surface area (Å²) in [6, 6.07) is 18.7. The summed E-state index contributed by atoms with van der Waals surface area (Å²) in [6.07, 6.45) is 4.61. The van der Waals surface area contributed by atoms with Crippen LogP contribution < -0.4 is 5.32 Å². The fourth-order valence-corrected chi connectivity index (χ4v) is 4.98. The fourth-order valence-electron chi connectivity index (χ4n) is 4.98. The average Bonchev–Trinajstić information content (AvgIpc) is 3.15. The second-order valence-corrected chi connectivity index (χ2v) is 8.04. The topological polar surface area (TPSA) is 54.1 Å². The highest BCUT2D eigenvalue weighted by Crippen LogP contribution is 2.38. The number of para-hydroxylation sites is 1. The zero-order valence-electron chi connectivity index (χ0n) is 16.0. The van der Waals surface area contributed by atoms with Gasteiger partial charge in [0.15, 0.2) is 0 Å². The molecule has 1 atom stereocenters. The predicted octanol–water partition coefficient (Wildman–Crippen LogP) is 4.41. The lowest BCUT2D eigenvalue weighted by Gasteiger charge is -2.38. The molecule has 0 radical (unpaired) electrons. The highest BCUT2D eigenvalue weighted by Gasteiger charge is 2.42. The van der Waals surface area contributed by atoms with E-state index < -0.39 is 5.41 Å². The van der Waals surface area contributed by atoms with E-state index in [4.69, 9.17) is 4.74 Å². The number of benzene rings is 2. The van der Waals surface area contributed by atoms with Crippen LogP contribution in [0.4, 0.5) is 0 Å². The van der Waals surface area contributed by atoms with E-state index in [-0.39, 0.29) is 11.9 Å². The van der Waals surface area contributed by atoms with Gasteiger partial charge >= 0.3 is 0 Å². The second kappa shape index (κ2) is 7.10. The first kappa shape index (κ1) is 17.5. The zero-order valence-corrected chi connectivity index (χ0v) is 16.0. The van der Waals surface area contributed by atoms with E-state index in [2.05, 4.69) is 46.7 Å². The van der Waals surface area contributed by atoms with E-state index in [1.54, 1.807) is 0 Å². The summed E-state index contributed by atoms with van der Waals surface area (Å²) in [5.41, 5.74) is 4.33. The summed E-state index contributed by atoms with van der Waals surface area (Å²) >= 11 is 0. The molecule has 2 aliphatic rings. The first-order chi connectivity index (χ1) is 13.8. The number of hydrogen-bond acceptors (Lipinski definition) is 2. The summed E-state index contributed by atoms with van der Waals surface area (Å²) in [5, 5.41) is 4.71. The maximum Gasteiger partial charge on any atom is 0.231 e. The first-order valence-electron chi connectivity index (χ1n) is 10.3. The Morgan fingerprint density at radius 1 is 1.04 bits per heavy atom. The number of H-pyrrole nitrogens is 1. The minimum absolute atomic E-state index is 0.0482. The smallest absolute Gasteiger partial charge is 0.231 e. The van der Waals surface area contributed by atoms with Crippen LogP contribution in [-0.4, -0.2) is 24.1 Å². The average molecular weight is 374 g/mol. The van der Waals surface area contributed by atoms with E-state index in [1.807, 2.05) is 18.2 Å². The van der Waals surface area contributed by atoms with Crippen LogP contribution in [0.2, 0.25) is 0 Å². The van der Waals surface area contributed by atoms with Gasteiger partial charge in [-0.2, -0.15) is 0 Å². The first-order valence-corrected chi connectivity index (χ1v) is 10.3. The Kier molecular flexibility index (Phi) is 4.44. The van der Waals surface area contributed by atoms with E-state index in [0.29, 0.717) is 13.2 Å². The number of ether oxygens (including phenoxy) is 1. The molecule has 1 amide bonds. The van der Waals surface area contributed by atoms with Crippen LogP contribution in [0.1, 0.15) is 48.5 Å². The van der Waals surface area contributed by atoms with Crippen LogP contribution in [0, 0.1) is 0 Å². The molecule has 1 unspecified atom stereocenters. The molecule has 3 aromatic rings. The molecule has 0 saturated carbocycles. The third kappa shape index (κ3) is 2.83. The van der Waals surface area contributed by atoms with Crippen molar-refractivity contribution >= 4 is 16.8 Å². The standard InChI is InChI=1S/C24H26N2O2/c27-23(24(13-15-28-16-14-24)17-7-2-1-3-8-17)26-21-12-6-10-19-18-9-4-5-11-20(18)25-22(19)21/h1-5,7-9,11,21,25H,6,10,12-16H2,(H,26,27). The maximum atomic E-state index is 13.6. The molecule has 1 aliphatic carbocycles. The molecule has 4 nitrogen and oxygen atoms in total. The lowest BCUT2D eigenvalue weighted by Crippen LogP contribution is -2.49. The minimum atomic E-state index is -0.497. The summed E-state index contributed by atoms with van der Waals surface area (Å²) < 4.78 is 5.60. The molecule has 1 aromatic heterocycles. The predicted molar refractivity (Wildman–Crippen MR) is 110 cm³/mol. The van der Waals surface area contributed by atoms with E-state index in [1.165, 1.54) is 16.6 Å². The SMILES string of the molecule is O=C(NC1CCCc2c1[nH]c1ccccc21)C1(c2ccccc2)CCOCC1. The Morgan fingerprint density at radius 2 is 1.79 bits per heavy atom. The Bertz CT molecular complexity index is 986. The highest BCUT2D eigenvalue weighted by atomic mass is 16.5. The molecule has 2 N–H and O–H groups in total. The van der Waals surface area contributed by atoms with Gasteiger partial charge in [0.05, 0.1) is 11.5 Å². The molecular weight excluding hydrogens is 348 g/mol. The van der Waals surface area contributed by atoms with Crippen LogP contribution >= 0.6 is 0 Å². The monoisotopic (exact) mass is 374 g/mol. The van der Waals surface area contributed by atoms with Gasteiger partial charge in [-0.05, 0) is 49.3 Å². The van der Waals surface area contributed by atoms with Gasteiger partial charge in [-0.25, -0.2) is 0 Å².